The minimum atomic E-state index is -0.895. The first kappa shape index (κ1) is 16.2. The summed E-state index contributed by atoms with van der Waals surface area (Å²) in [6.45, 7) is 5.72. The zero-order valence-electron chi connectivity index (χ0n) is 13.5. The molecule has 1 saturated heterocycles. The van der Waals surface area contributed by atoms with E-state index in [0.717, 1.165) is 16.3 Å². The Kier molecular flexibility index (Phi) is 4.36. The number of carbonyl (C=O) groups is 2. The van der Waals surface area contributed by atoms with Crippen LogP contribution in [0, 0.1) is 6.92 Å². The minimum absolute atomic E-state index is 0.346. The minimum Gasteiger partial charge on any atom is -0.390 e. The van der Waals surface area contributed by atoms with Crippen LogP contribution in [0.25, 0.3) is 10.8 Å². The maximum absolute atomic E-state index is 12.8. The Morgan fingerprint density at radius 2 is 2.04 bits per heavy atom. The van der Waals surface area contributed by atoms with Crippen LogP contribution in [0.3, 0.4) is 0 Å². The summed E-state index contributed by atoms with van der Waals surface area (Å²) in [6, 6.07) is 10.8. The van der Waals surface area contributed by atoms with Gasteiger partial charge < -0.3 is 15.3 Å². The number of nitrogens with one attached hydrogen (secondary N) is 1. The number of aryl methyl sites for hydroxylation is 1. The van der Waals surface area contributed by atoms with Crippen molar-refractivity contribution in [2.24, 2.45) is 0 Å². The zero-order valence-corrected chi connectivity index (χ0v) is 13.5. The summed E-state index contributed by atoms with van der Waals surface area (Å²) in [5, 5.41) is 15.0. The van der Waals surface area contributed by atoms with Gasteiger partial charge in [0.1, 0.15) is 6.04 Å². The van der Waals surface area contributed by atoms with Gasteiger partial charge in [-0.05, 0) is 30.4 Å². The van der Waals surface area contributed by atoms with Crippen molar-refractivity contribution in [1.29, 1.82) is 0 Å². The Morgan fingerprint density at radius 1 is 1.29 bits per heavy atom. The van der Waals surface area contributed by atoms with Gasteiger partial charge in [-0.3, -0.25) is 9.59 Å². The molecule has 0 saturated carbocycles. The quantitative estimate of drug-likeness (QED) is 0.851. The smallest absolute Gasteiger partial charge is 0.249 e. The molecule has 2 aromatic rings. The van der Waals surface area contributed by atoms with Gasteiger partial charge in [-0.15, -0.1) is 0 Å². The average molecular weight is 324 g/mol. The van der Waals surface area contributed by atoms with Crippen molar-refractivity contribution >= 4 is 28.3 Å². The number of aliphatic hydroxyl groups is 1. The second-order valence-corrected chi connectivity index (χ2v) is 6.00. The third-order valence-electron chi connectivity index (χ3n) is 4.48. The van der Waals surface area contributed by atoms with Crippen LogP contribution in [0.2, 0.25) is 0 Å². The lowest BCUT2D eigenvalue weighted by molar-refractivity contribution is -0.134. The van der Waals surface area contributed by atoms with Crippen LogP contribution in [-0.4, -0.2) is 40.5 Å². The summed E-state index contributed by atoms with van der Waals surface area (Å²) in [5.74, 6) is -0.726. The van der Waals surface area contributed by atoms with Crippen LogP contribution >= 0.6 is 0 Å². The molecule has 5 nitrogen and oxygen atoms in total. The zero-order chi connectivity index (χ0) is 17.3. The van der Waals surface area contributed by atoms with Crippen molar-refractivity contribution in [2.75, 3.05) is 11.9 Å². The van der Waals surface area contributed by atoms with Gasteiger partial charge in [0.2, 0.25) is 11.8 Å². The first-order chi connectivity index (χ1) is 11.5. The third kappa shape index (κ3) is 2.78. The molecule has 0 bridgehead atoms. The van der Waals surface area contributed by atoms with Crippen LogP contribution in [0.1, 0.15) is 12.0 Å². The molecular weight excluding hydrogens is 304 g/mol. The lowest BCUT2D eigenvalue weighted by Crippen LogP contribution is -2.47. The molecule has 1 aliphatic rings. The Morgan fingerprint density at radius 3 is 2.79 bits per heavy atom. The molecule has 1 fully saturated rings. The molecule has 0 aliphatic carbocycles. The number of anilines is 1. The fraction of sp³-hybridized carbons (Fsp3) is 0.263. The molecule has 5 heteroatoms. The number of hydrogen-bond acceptors (Lipinski definition) is 3. The van der Waals surface area contributed by atoms with Crippen molar-refractivity contribution in [2.45, 2.75) is 25.5 Å². The van der Waals surface area contributed by atoms with E-state index in [1.807, 2.05) is 43.3 Å². The SMILES string of the molecule is C=CC(=O)N1CC[C@@H](O)[C@H]1C(=O)Nc1c(C)ccc2ccccc12. The molecule has 0 spiro atoms. The van der Waals surface area contributed by atoms with Crippen LogP contribution in [0.15, 0.2) is 49.1 Å². The highest BCUT2D eigenvalue weighted by molar-refractivity contribution is 6.06. The van der Waals surface area contributed by atoms with Crippen molar-refractivity contribution in [3.8, 4) is 0 Å². The van der Waals surface area contributed by atoms with Crippen LogP contribution in [-0.2, 0) is 9.59 Å². The first-order valence-electron chi connectivity index (χ1n) is 7.93. The van der Waals surface area contributed by atoms with E-state index in [9.17, 15) is 14.7 Å². The number of amides is 2. The number of nitrogens with zero attached hydrogens (tertiary/aromatic N) is 1. The number of rotatable bonds is 3. The predicted molar refractivity (Wildman–Crippen MR) is 93.6 cm³/mol. The van der Waals surface area contributed by atoms with Crippen molar-refractivity contribution in [3.05, 3.63) is 54.6 Å². The predicted octanol–water partition coefficient (Wildman–Crippen LogP) is 2.23. The van der Waals surface area contributed by atoms with E-state index in [2.05, 4.69) is 11.9 Å². The summed E-state index contributed by atoms with van der Waals surface area (Å²) >= 11 is 0. The molecule has 2 amide bonds. The Bertz CT molecular complexity index is 815. The maximum Gasteiger partial charge on any atom is 0.249 e. The van der Waals surface area contributed by atoms with Gasteiger partial charge in [0.15, 0.2) is 0 Å². The summed E-state index contributed by atoms with van der Waals surface area (Å²) in [7, 11) is 0. The molecule has 2 aromatic carbocycles. The summed E-state index contributed by atoms with van der Waals surface area (Å²) in [6.07, 6.45) is 0.678. The molecule has 0 unspecified atom stereocenters. The van der Waals surface area contributed by atoms with E-state index in [4.69, 9.17) is 0 Å². The van der Waals surface area contributed by atoms with Crippen LogP contribution < -0.4 is 5.32 Å². The Labute approximate surface area is 140 Å². The standard InChI is InChI=1S/C19H20N2O3/c1-3-16(23)21-11-10-15(22)18(21)19(24)20-17-12(2)8-9-13-6-4-5-7-14(13)17/h3-9,15,18,22H,1,10-11H2,2H3,(H,20,24)/t15-,18+/m1/s1. The van der Waals surface area contributed by atoms with Gasteiger partial charge >= 0.3 is 0 Å². The summed E-state index contributed by atoms with van der Waals surface area (Å²) in [4.78, 5) is 26.0. The van der Waals surface area contributed by atoms with E-state index >= 15 is 0 Å². The monoisotopic (exact) mass is 324 g/mol. The molecule has 1 heterocycles. The van der Waals surface area contributed by atoms with Crippen LogP contribution in [0.4, 0.5) is 5.69 Å². The highest BCUT2D eigenvalue weighted by Crippen LogP contribution is 2.28. The van der Waals surface area contributed by atoms with Gasteiger partial charge in [0.05, 0.1) is 11.8 Å². The average Bonchev–Trinajstić information content (AvgIpc) is 2.98. The maximum atomic E-state index is 12.8. The molecule has 2 atom stereocenters. The van der Waals surface area contributed by atoms with Crippen molar-refractivity contribution in [3.63, 3.8) is 0 Å². The molecule has 124 valence electrons. The molecule has 2 N–H and O–H groups in total. The van der Waals surface area contributed by atoms with Gasteiger partial charge in [-0.25, -0.2) is 0 Å². The van der Waals surface area contributed by atoms with Gasteiger partial charge in [-0.2, -0.15) is 0 Å². The van der Waals surface area contributed by atoms with Crippen molar-refractivity contribution in [1.82, 2.24) is 4.90 Å². The summed E-state index contributed by atoms with van der Waals surface area (Å²) < 4.78 is 0. The number of hydrogen-bond donors (Lipinski definition) is 2. The topological polar surface area (TPSA) is 69.6 Å². The van der Waals surface area contributed by atoms with Gasteiger partial charge in [-0.1, -0.05) is 43.0 Å². The Hall–Kier alpha value is -2.66. The van der Waals surface area contributed by atoms with Gasteiger partial charge in [0.25, 0.3) is 0 Å². The second kappa shape index (κ2) is 6.45. The van der Waals surface area contributed by atoms with Crippen molar-refractivity contribution < 1.29 is 14.7 Å². The number of aliphatic hydroxyl groups excluding tert-OH is 1. The molecule has 0 aromatic heterocycles. The molecule has 3 rings (SSSR count). The number of carbonyl (C=O) groups excluding carboxylic acids is 2. The molecule has 24 heavy (non-hydrogen) atoms. The normalized spacial score (nSPS) is 20.2. The highest BCUT2D eigenvalue weighted by atomic mass is 16.3. The van der Waals surface area contributed by atoms with E-state index in [1.54, 1.807) is 0 Å². The lowest BCUT2D eigenvalue weighted by atomic mass is 10.0. The fourth-order valence-corrected chi connectivity index (χ4v) is 3.20. The molecule has 1 aliphatic heterocycles. The second-order valence-electron chi connectivity index (χ2n) is 6.00. The van der Waals surface area contributed by atoms with E-state index < -0.39 is 12.1 Å². The third-order valence-corrected chi connectivity index (χ3v) is 4.48. The largest absolute Gasteiger partial charge is 0.390 e. The van der Waals surface area contributed by atoms with E-state index in [1.165, 1.54) is 11.0 Å². The van der Waals surface area contributed by atoms with E-state index in [0.29, 0.717) is 18.7 Å². The Balaban J connectivity index is 1.93. The van der Waals surface area contributed by atoms with E-state index in [-0.39, 0.29) is 11.8 Å². The molecular formula is C19H20N2O3. The number of fused-ring (bicyclic) bond motifs is 1. The number of likely N-dealkylation sites (tertiary alicyclic amines) is 1. The number of benzene rings is 2. The van der Waals surface area contributed by atoms with Gasteiger partial charge in [0, 0.05) is 11.9 Å². The first-order valence-corrected chi connectivity index (χ1v) is 7.93. The molecule has 0 radical (unpaired) electrons. The van der Waals surface area contributed by atoms with Crippen LogP contribution in [0.5, 0.6) is 0 Å². The highest BCUT2D eigenvalue weighted by Gasteiger charge is 2.40. The summed E-state index contributed by atoms with van der Waals surface area (Å²) in [5.41, 5.74) is 1.64. The fourth-order valence-electron chi connectivity index (χ4n) is 3.20. The lowest BCUT2D eigenvalue weighted by Gasteiger charge is -2.25.